The van der Waals surface area contributed by atoms with Crippen LogP contribution in [-0.2, 0) is 9.84 Å². The second-order valence-corrected chi connectivity index (χ2v) is 5.32. The Morgan fingerprint density at radius 2 is 1.56 bits per heavy atom. The number of unbranched alkanes of at least 4 members (excludes halogenated alkanes) is 1. The van der Waals surface area contributed by atoms with Crippen LogP contribution in [-0.4, -0.2) is 31.8 Å². The zero-order valence-electron chi connectivity index (χ0n) is 8.19. The van der Waals surface area contributed by atoms with E-state index in [2.05, 4.69) is 0 Å². The fraction of sp³-hybridized carbons (Fsp3) is 1.00. The Balaban J connectivity index is 5.05. The molecule has 0 N–H and O–H groups in total. The molecular formula is C7H10F6O2S. The Labute approximate surface area is 88.5 Å². The molecule has 0 saturated heterocycles. The number of rotatable bonds is 5. The highest BCUT2D eigenvalue weighted by atomic mass is 32.2. The van der Waals surface area contributed by atoms with Gasteiger partial charge in [0.25, 0.3) is 6.17 Å². The third-order valence-corrected chi connectivity index (χ3v) is 3.63. The van der Waals surface area contributed by atoms with Gasteiger partial charge in [0.05, 0.1) is 5.75 Å². The predicted octanol–water partition coefficient (Wildman–Crippen LogP) is 2.69. The van der Waals surface area contributed by atoms with Crippen LogP contribution in [0.3, 0.4) is 0 Å². The zero-order valence-corrected chi connectivity index (χ0v) is 9.01. The Kier molecular flexibility index (Phi) is 4.66. The highest BCUT2D eigenvalue weighted by Gasteiger charge is 2.63. The number of hydrogen-bond donors (Lipinski definition) is 0. The van der Waals surface area contributed by atoms with E-state index in [9.17, 15) is 34.8 Å². The van der Waals surface area contributed by atoms with Crippen LogP contribution in [0.1, 0.15) is 19.8 Å². The van der Waals surface area contributed by atoms with Gasteiger partial charge in [-0.15, -0.1) is 0 Å². The highest BCUT2D eigenvalue weighted by Crippen LogP contribution is 2.38. The molecule has 0 aliphatic rings. The fourth-order valence-electron chi connectivity index (χ4n) is 0.819. The minimum atomic E-state index is -5.90. The molecule has 9 heteroatoms. The normalized spacial score (nSPS) is 16.2. The summed E-state index contributed by atoms with van der Waals surface area (Å²) in [6, 6.07) is 0. The summed E-state index contributed by atoms with van der Waals surface area (Å²) < 4.78 is 94.5. The van der Waals surface area contributed by atoms with Gasteiger partial charge in [-0.2, -0.15) is 22.0 Å². The minimum absolute atomic E-state index is 0.193. The Hall–Kier alpha value is -0.470. The zero-order chi connectivity index (χ0) is 13.2. The Morgan fingerprint density at radius 3 is 1.88 bits per heavy atom. The molecule has 16 heavy (non-hydrogen) atoms. The fourth-order valence-corrected chi connectivity index (χ4v) is 2.21. The van der Waals surface area contributed by atoms with Crippen molar-refractivity contribution in [2.75, 3.05) is 5.75 Å². The van der Waals surface area contributed by atoms with Crippen molar-refractivity contribution in [3.63, 3.8) is 0 Å². The smallest absolute Gasteiger partial charge is 0.229 e. The van der Waals surface area contributed by atoms with Gasteiger partial charge in [0.2, 0.25) is 9.84 Å². The quantitative estimate of drug-likeness (QED) is 0.721. The molecular weight excluding hydrogens is 262 g/mol. The molecule has 0 spiro atoms. The van der Waals surface area contributed by atoms with Gasteiger partial charge in [-0.1, -0.05) is 13.3 Å². The van der Waals surface area contributed by atoms with Gasteiger partial charge in [0, 0.05) is 0 Å². The van der Waals surface area contributed by atoms with E-state index in [4.69, 9.17) is 0 Å². The summed E-state index contributed by atoms with van der Waals surface area (Å²) in [6.45, 7) is 1.46. The van der Waals surface area contributed by atoms with Crippen molar-refractivity contribution >= 4 is 9.84 Å². The molecule has 2 nitrogen and oxygen atoms in total. The van der Waals surface area contributed by atoms with Gasteiger partial charge in [-0.3, -0.25) is 0 Å². The summed E-state index contributed by atoms with van der Waals surface area (Å²) >= 11 is 0. The predicted molar refractivity (Wildman–Crippen MR) is 44.6 cm³/mol. The van der Waals surface area contributed by atoms with Gasteiger partial charge < -0.3 is 0 Å². The maximum absolute atomic E-state index is 12.7. The first-order valence-electron chi connectivity index (χ1n) is 4.27. The van der Waals surface area contributed by atoms with Crippen molar-refractivity contribution in [3.05, 3.63) is 0 Å². The first-order chi connectivity index (χ1) is 6.97. The second-order valence-electron chi connectivity index (χ2n) is 3.14. The number of halogens is 6. The molecule has 0 heterocycles. The second kappa shape index (κ2) is 4.80. The maximum atomic E-state index is 12.7. The standard InChI is InChI=1S/C7H10F6O2S/c1-2-3-4-16(14,15)7(12,13)5(8)6(9,10)11/h5H,2-4H2,1H3. The van der Waals surface area contributed by atoms with E-state index in [1.807, 2.05) is 0 Å². The highest BCUT2D eigenvalue weighted by molar-refractivity contribution is 7.92. The first-order valence-corrected chi connectivity index (χ1v) is 5.93. The number of sulfone groups is 1. The minimum Gasteiger partial charge on any atom is -0.229 e. The molecule has 0 aliphatic heterocycles. The van der Waals surface area contributed by atoms with Crippen LogP contribution in [0.25, 0.3) is 0 Å². The lowest BCUT2D eigenvalue weighted by Gasteiger charge is -2.22. The molecule has 0 amide bonds. The molecule has 98 valence electrons. The molecule has 0 bridgehead atoms. The SMILES string of the molecule is CCCCS(=O)(=O)C(F)(F)C(F)C(F)(F)F. The van der Waals surface area contributed by atoms with E-state index in [0.717, 1.165) is 0 Å². The summed E-state index contributed by atoms with van der Waals surface area (Å²) in [4.78, 5) is 0. The lowest BCUT2D eigenvalue weighted by atomic mass is 10.4. The molecule has 0 saturated carbocycles. The van der Waals surface area contributed by atoms with Crippen LogP contribution in [0.2, 0.25) is 0 Å². The summed E-state index contributed by atoms with van der Waals surface area (Å²) in [5, 5.41) is -5.43. The molecule has 0 aromatic heterocycles. The van der Waals surface area contributed by atoms with E-state index < -0.39 is 33.2 Å². The van der Waals surface area contributed by atoms with E-state index in [-0.39, 0.29) is 12.8 Å². The summed E-state index contributed by atoms with van der Waals surface area (Å²) in [6.07, 6.45) is -10.6. The molecule has 0 aliphatic carbocycles. The molecule has 0 radical (unpaired) electrons. The lowest BCUT2D eigenvalue weighted by molar-refractivity contribution is -0.221. The summed E-state index contributed by atoms with van der Waals surface area (Å²) in [5.41, 5.74) is 0. The molecule has 1 unspecified atom stereocenters. The third-order valence-electron chi connectivity index (χ3n) is 1.76. The average Bonchev–Trinajstić information content (AvgIpc) is 2.11. The summed E-state index contributed by atoms with van der Waals surface area (Å²) in [5.74, 6) is -1.17. The van der Waals surface area contributed by atoms with E-state index in [1.54, 1.807) is 0 Å². The van der Waals surface area contributed by atoms with Crippen molar-refractivity contribution in [3.8, 4) is 0 Å². The first kappa shape index (κ1) is 15.5. The van der Waals surface area contributed by atoms with Gasteiger partial charge >= 0.3 is 11.4 Å². The van der Waals surface area contributed by atoms with Gasteiger partial charge in [-0.25, -0.2) is 12.8 Å². The summed E-state index contributed by atoms with van der Waals surface area (Å²) in [7, 11) is -5.43. The van der Waals surface area contributed by atoms with E-state index in [0.29, 0.717) is 0 Å². The molecule has 1 atom stereocenters. The Bertz CT molecular complexity index is 320. The molecule has 0 fully saturated rings. The van der Waals surface area contributed by atoms with Crippen molar-refractivity contribution < 1.29 is 34.8 Å². The topological polar surface area (TPSA) is 34.1 Å². The van der Waals surface area contributed by atoms with Crippen molar-refractivity contribution in [1.82, 2.24) is 0 Å². The van der Waals surface area contributed by atoms with Gasteiger partial charge in [-0.05, 0) is 6.42 Å². The van der Waals surface area contributed by atoms with E-state index >= 15 is 0 Å². The van der Waals surface area contributed by atoms with Crippen LogP contribution in [0, 0.1) is 0 Å². The van der Waals surface area contributed by atoms with Crippen LogP contribution in [0.15, 0.2) is 0 Å². The average molecular weight is 272 g/mol. The van der Waals surface area contributed by atoms with Gasteiger partial charge in [0.1, 0.15) is 0 Å². The Morgan fingerprint density at radius 1 is 1.12 bits per heavy atom. The largest absolute Gasteiger partial charge is 0.426 e. The number of alkyl halides is 6. The maximum Gasteiger partial charge on any atom is 0.426 e. The monoisotopic (exact) mass is 272 g/mol. The van der Waals surface area contributed by atoms with Crippen LogP contribution >= 0.6 is 0 Å². The van der Waals surface area contributed by atoms with Crippen LogP contribution < -0.4 is 0 Å². The third kappa shape index (κ3) is 3.26. The van der Waals surface area contributed by atoms with E-state index in [1.165, 1.54) is 6.92 Å². The molecule has 0 aromatic carbocycles. The van der Waals surface area contributed by atoms with Crippen molar-refractivity contribution in [1.29, 1.82) is 0 Å². The molecule has 0 aromatic rings. The number of hydrogen-bond acceptors (Lipinski definition) is 2. The van der Waals surface area contributed by atoms with Crippen molar-refractivity contribution in [2.45, 2.75) is 37.4 Å². The molecule has 0 rings (SSSR count). The van der Waals surface area contributed by atoms with Gasteiger partial charge in [0.15, 0.2) is 0 Å². The van der Waals surface area contributed by atoms with Crippen LogP contribution in [0.4, 0.5) is 26.3 Å². The van der Waals surface area contributed by atoms with Crippen molar-refractivity contribution in [2.24, 2.45) is 0 Å². The van der Waals surface area contributed by atoms with Crippen LogP contribution in [0.5, 0.6) is 0 Å². The lowest BCUT2D eigenvalue weighted by Crippen LogP contribution is -2.48.